The van der Waals surface area contributed by atoms with Crippen LogP contribution in [-0.4, -0.2) is 61.9 Å². The molecule has 0 radical (unpaired) electrons. The molecule has 0 aromatic heterocycles. The molecule has 1 aliphatic heterocycles. The van der Waals surface area contributed by atoms with E-state index in [0.717, 1.165) is 12.0 Å². The van der Waals surface area contributed by atoms with Crippen LogP contribution in [0.1, 0.15) is 36.9 Å². The Kier molecular flexibility index (Phi) is 7.87. The fraction of sp³-hybridized carbons (Fsp3) is 0.375. The average Bonchev–Trinajstić information content (AvgIpc) is 3.27. The Bertz CT molecular complexity index is 1040. The quantitative estimate of drug-likeness (QED) is 0.658. The van der Waals surface area contributed by atoms with Gasteiger partial charge in [-0.15, -0.1) is 0 Å². The molecule has 0 saturated carbocycles. The van der Waals surface area contributed by atoms with E-state index in [0.29, 0.717) is 35.7 Å². The zero-order valence-electron chi connectivity index (χ0n) is 19.3. The van der Waals surface area contributed by atoms with Crippen LogP contribution in [0, 0.1) is 5.82 Å². The summed E-state index contributed by atoms with van der Waals surface area (Å²) in [4.78, 5) is 26.7. The highest BCUT2D eigenvalue weighted by atomic mass is 19.1. The Morgan fingerprint density at radius 1 is 1.18 bits per heavy atom. The Hall–Kier alpha value is -3.62. The molecule has 3 amide bonds. The number of urea groups is 1. The molecule has 8 nitrogen and oxygen atoms in total. The van der Waals surface area contributed by atoms with Crippen LogP contribution in [0.25, 0.3) is 0 Å². The number of carbonyl (C=O) groups excluding carboxylic acids is 2. The number of ether oxygens (including phenoxy) is 2. The van der Waals surface area contributed by atoms with Crippen LogP contribution in [-0.2, 0) is 4.79 Å². The summed E-state index contributed by atoms with van der Waals surface area (Å²) in [6.45, 7) is 2.29. The number of rotatable bonds is 8. The van der Waals surface area contributed by atoms with Crippen molar-refractivity contribution >= 4 is 17.6 Å². The number of nitrogens with one attached hydrogen (secondary N) is 1. The predicted molar refractivity (Wildman–Crippen MR) is 123 cm³/mol. The second-order valence-electron chi connectivity index (χ2n) is 7.69. The first kappa shape index (κ1) is 24.0. The first-order valence-corrected chi connectivity index (χ1v) is 10.7. The number of carbonyl (C=O) groups is 2. The van der Waals surface area contributed by atoms with E-state index in [1.807, 2.05) is 13.0 Å². The first-order valence-electron chi connectivity index (χ1n) is 10.7. The molecule has 33 heavy (non-hydrogen) atoms. The van der Waals surface area contributed by atoms with Crippen molar-refractivity contribution < 1.29 is 23.5 Å². The van der Waals surface area contributed by atoms with E-state index >= 15 is 0 Å². The highest BCUT2D eigenvalue weighted by Crippen LogP contribution is 2.37. The molecule has 1 atom stereocenters. The van der Waals surface area contributed by atoms with E-state index in [4.69, 9.17) is 9.47 Å². The SMILES string of the molecule is CCCNC(=O)N(C)CC(=O)N1N=C(c2ccccc2F)C[C@@H]1c1ccc(OC)c(OC)c1. The van der Waals surface area contributed by atoms with Gasteiger partial charge in [0.05, 0.1) is 26.0 Å². The maximum atomic E-state index is 14.5. The number of likely N-dealkylation sites (N-methyl/N-ethyl adjacent to an activating group) is 1. The molecule has 0 bridgehead atoms. The monoisotopic (exact) mass is 456 g/mol. The van der Waals surface area contributed by atoms with Crippen molar-refractivity contribution in [2.24, 2.45) is 5.10 Å². The van der Waals surface area contributed by atoms with E-state index in [2.05, 4.69) is 10.4 Å². The van der Waals surface area contributed by atoms with Gasteiger partial charge >= 0.3 is 6.03 Å². The summed E-state index contributed by atoms with van der Waals surface area (Å²) in [5.74, 6) is 0.278. The molecule has 1 aliphatic rings. The number of methoxy groups -OCH3 is 2. The molecular formula is C24H29FN4O4. The first-order chi connectivity index (χ1) is 15.9. The van der Waals surface area contributed by atoms with Crippen LogP contribution in [0.3, 0.4) is 0 Å². The van der Waals surface area contributed by atoms with Crippen molar-refractivity contribution in [2.75, 3.05) is 34.4 Å². The number of nitrogens with zero attached hydrogens (tertiary/aromatic N) is 3. The van der Waals surface area contributed by atoms with Crippen LogP contribution < -0.4 is 14.8 Å². The number of hydrazone groups is 1. The summed E-state index contributed by atoms with van der Waals surface area (Å²) in [7, 11) is 4.62. The van der Waals surface area contributed by atoms with Gasteiger partial charge in [0.1, 0.15) is 12.4 Å². The van der Waals surface area contributed by atoms with E-state index in [9.17, 15) is 14.0 Å². The van der Waals surface area contributed by atoms with E-state index in [1.54, 1.807) is 44.5 Å². The second-order valence-corrected chi connectivity index (χ2v) is 7.69. The molecule has 1 heterocycles. The van der Waals surface area contributed by atoms with Crippen molar-refractivity contribution in [1.29, 1.82) is 0 Å². The summed E-state index contributed by atoms with van der Waals surface area (Å²) in [6.07, 6.45) is 1.10. The lowest BCUT2D eigenvalue weighted by molar-refractivity contribution is -0.133. The highest BCUT2D eigenvalue weighted by molar-refractivity contribution is 6.03. The lowest BCUT2D eigenvalue weighted by Gasteiger charge is -2.25. The normalized spacial score (nSPS) is 15.1. The molecule has 1 N–H and O–H groups in total. The zero-order chi connectivity index (χ0) is 24.0. The Labute approximate surface area is 193 Å². The minimum absolute atomic E-state index is 0.173. The Morgan fingerprint density at radius 2 is 1.91 bits per heavy atom. The molecule has 2 aromatic rings. The second kappa shape index (κ2) is 10.8. The molecule has 3 rings (SSSR count). The van der Waals surface area contributed by atoms with Crippen LogP contribution in [0.2, 0.25) is 0 Å². The number of halogens is 1. The standard InChI is InChI=1S/C24H29FN4O4/c1-5-12-26-24(31)28(2)15-23(30)29-20(16-10-11-21(32-3)22(13-16)33-4)14-19(27-29)17-8-6-7-9-18(17)25/h6-11,13,20H,5,12,14-15H2,1-4H3,(H,26,31)/t20-/m1/s1. The number of benzene rings is 2. The van der Waals surface area contributed by atoms with Crippen LogP contribution in [0.4, 0.5) is 9.18 Å². The van der Waals surface area contributed by atoms with E-state index < -0.39 is 11.9 Å². The van der Waals surface area contributed by atoms with Gasteiger partial charge in [0.15, 0.2) is 11.5 Å². The largest absolute Gasteiger partial charge is 0.493 e. The smallest absolute Gasteiger partial charge is 0.317 e. The molecule has 0 fully saturated rings. The van der Waals surface area contributed by atoms with Gasteiger partial charge in [-0.1, -0.05) is 31.2 Å². The van der Waals surface area contributed by atoms with Crippen LogP contribution in [0.5, 0.6) is 11.5 Å². The van der Waals surface area contributed by atoms with E-state index in [1.165, 1.54) is 23.1 Å². The summed E-state index contributed by atoms with van der Waals surface area (Å²) in [6, 6.07) is 10.9. The molecule has 176 valence electrons. The zero-order valence-corrected chi connectivity index (χ0v) is 19.3. The third-order valence-electron chi connectivity index (χ3n) is 5.39. The molecule has 2 aromatic carbocycles. The molecule has 0 saturated heterocycles. The maximum Gasteiger partial charge on any atom is 0.317 e. The summed E-state index contributed by atoms with van der Waals surface area (Å²) in [5.41, 5.74) is 1.56. The fourth-order valence-electron chi connectivity index (χ4n) is 3.63. The number of hydrogen-bond acceptors (Lipinski definition) is 5. The molecular weight excluding hydrogens is 427 g/mol. The van der Waals surface area contributed by atoms with Gasteiger partial charge in [-0.25, -0.2) is 14.2 Å². The average molecular weight is 457 g/mol. The van der Waals surface area contributed by atoms with Crippen molar-refractivity contribution in [2.45, 2.75) is 25.8 Å². The third-order valence-corrected chi connectivity index (χ3v) is 5.39. The molecule has 0 aliphatic carbocycles. The summed E-state index contributed by atoms with van der Waals surface area (Å²) < 4.78 is 25.2. The Morgan fingerprint density at radius 3 is 2.58 bits per heavy atom. The van der Waals surface area contributed by atoms with Crippen molar-refractivity contribution in [3.8, 4) is 11.5 Å². The Balaban J connectivity index is 1.92. The molecule has 0 unspecified atom stereocenters. The van der Waals surface area contributed by atoms with Crippen molar-refractivity contribution in [3.05, 3.63) is 59.4 Å². The minimum atomic E-state index is -0.487. The third kappa shape index (κ3) is 5.42. The minimum Gasteiger partial charge on any atom is -0.493 e. The molecule has 9 heteroatoms. The van der Waals surface area contributed by atoms with Gasteiger partial charge < -0.3 is 19.7 Å². The van der Waals surface area contributed by atoms with Gasteiger partial charge in [0.2, 0.25) is 0 Å². The van der Waals surface area contributed by atoms with Gasteiger partial charge in [-0.2, -0.15) is 5.10 Å². The van der Waals surface area contributed by atoms with Gasteiger partial charge in [-0.05, 0) is 30.2 Å². The van der Waals surface area contributed by atoms with Crippen LogP contribution >= 0.6 is 0 Å². The van der Waals surface area contributed by atoms with E-state index in [-0.39, 0.29) is 18.5 Å². The molecule has 0 spiro atoms. The lowest BCUT2D eigenvalue weighted by Crippen LogP contribution is -2.43. The predicted octanol–water partition coefficient (Wildman–Crippen LogP) is 3.57. The van der Waals surface area contributed by atoms with Gasteiger partial charge in [-0.3, -0.25) is 4.79 Å². The lowest BCUT2D eigenvalue weighted by atomic mass is 9.97. The number of amides is 3. The maximum absolute atomic E-state index is 14.5. The van der Waals surface area contributed by atoms with Gasteiger partial charge in [0.25, 0.3) is 5.91 Å². The number of hydrogen-bond donors (Lipinski definition) is 1. The van der Waals surface area contributed by atoms with Crippen molar-refractivity contribution in [1.82, 2.24) is 15.2 Å². The van der Waals surface area contributed by atoms with Crippen molar-refractivity contribution in [3.63, 3.8) is 0 Å². The van der Waals surface area contributed by atoms with Crippen LogP contribution in [0.15, 0.2) is 47.6 Å². The summed E-state index contributed by atoms with van der Waals surface area (Å²) in [5, 5.41) is 8.55. The fourth-order valence-corrected chi connectivity index (χ4v) is 3.63. The summed E-state index contributed by atoms with van der Waals surface area (Å²) >= 11 is 0. The topological polar surface area (TPSA) is 83.5 Å². The van der Waals surface area contributed by atoms with Gasteiger partial charge in [0, 0.05) is 25.6 Å². The highest BCUT2D eigenvalue weighted by Gasteiger charge is 2.35.